The number of aliphatic imine (C=N–C) groups is 1. The minimum absolute atomic E-state index is 0.233. The molecule has 0 unspecified atom stereocenters. The number of likely N-dealkylation sites (N-methyl/N-ethyl adjacent to an activating group) is 1. The average Bonchev–Trinajstić information content (AvgIpc) is 3.07. The number of carbonyl (C=O) groups is 4. The molecule has 9 nitrogen and oxygen atoms in total. The van der Waals surface area contributed by atoms with Gasteiger partial charge in [-0.15, -0.1) is 0 Å². The third kappa shape index (κ3) is 7.19. The summed E-state index contributed by atoms with van der Waals surface area (Å²) in [5, 5.41) is 7.41. The van der Waals surface area contributed by atoms with Crippen molar-refractivity contribution in [2.24, 2.45) is 4.99 Å². The first kappa shape index (κ1) is 30.0. The third-order valence-corrected chi connectivity index (χ3v) is 6.53. The second-order valence-electron chi connectivity index (χ2n) is 9.61. The number of halogens is 3. The van der Waals surface area contributed by atoms with E-state index in [4.69, 9.17) is 0 Å². The predicted octanol–water partition coefficient (Wildman–Crippen LogP) is 2.83. The summed E-state index contributed by atoms with van der Waals surface area (Å²) in [5.74, 6) is -2.41. The fourth-order valence-electron chi connectivity index (χ4n) is 4.30. The molecule has 1 heterocycles. The van der Waals surface area contributed by atoms with Crippen LogP contribution in [-0.4, -0.2) is 55.1 Å². The molecule has 42 heavy (non-hydrogen) atoms. The van der Waals surface area contributed by atoms with Crippen molar-refractivity contribution in [1.82, 2.24) is 16.0 Å². The van der Waals surface area contributed by atoms with Crippen LogP contribution in [-0.2, 0) is 31.8 Å². The molecule has 1 aliphatic heterocycles. The molecule has 12 heteroatoms. The number of rotatable bonds is 8. The monoisotopic (exact) mass is 579 g/mol. The van der Waals surface area contributed by atoms with E-state index >= 15 is 0 Å². The number of anilines is 1. The third-order valence-electron chi connectivity index (χ3n) is 6.53. The van der Waals surface area contributed by atoms with Crippen molar-refractivity contribution >= 4 is 35.0 Å². The van der Waals surface area contributed by atoms with E-state index in [1.807, 2.05) is 42.5 Å². The predicted molar refractivity (Wildman–Crippen MR) is 150 cm³/mol. The summed E-state index contributed by atoms with van der Waals surface area (Å²) in [5.41, 5.74) is 2.11. The molecule has 3 aromatic carbocycles. The molecule has 0 saturated carbocycles. The number of hydrogen-bond acceptors (Lipinski definition) is 5. The molecule has 4 amide bonds. The number of nitrogens with one attached hydrogen (secondary N) is 3. The standard InChI is InChI=1S/C30H28F3N5O4/c1-18(35-25(40)17-34-24(39)16-19-12-14-21(15-13-19)30(31,32)33)28(41)37-27-29(42)38(2)23-11-7-6-10-22(23)26(36-27)20-8-4-3-5-9-20/h3-15,18,27H,16-17H2,1-2H3,(H,34,39)(H,35,40)(H,37,41)/t18-,27+/m0/s1. The van der Waals surface area contributed by atoms with E-state index in [2.05, 4.69) is 20.9 Å². The molecule has 218 valence electrons. The molecule has 0 aliphatic carbocycles. The molecule has 3 aromatic rings. The smallest absolute Gasteiger partial charge is 0.347 e. The zero-order valence-corrected chi connectivity index (χ0v) is 22.7. The number of hydrogen-bond donors (Lipinski definition) is 3. The zero-order valence-electron chi connectivity index (χ0n) is 22.7. The van der Waals surface area contributed by atoms with E-state index in [1.165, 1.54) is 24.0 Å². The SMILES string of the molecule is C[C@H](NC(=O)CNC(=O)Cc1ccc(C(F)(F)F)cc1)C(=O)N[C@H]1N=C(c2ccccc2)c2ccccc2N(C)C1=O. The zero-order chi connectivity index (χ0) is 30.4. The van der Waals surface area contributed by atoms with Crippen LogP contribution in [0.25, 0.3) is 0 Å². The quantitative estimate of drug-likeness (QED) is 0.380. The van der Waals surface area contributed by atoms with Gasteiger partial charge < -0.3 is 20.9 Å². The van der Waals surface area contributed by atoms with Gasteiger partial charge in [0.25, 0.3) is 5.91 Å². The molecule has 4 rings (SSSR count). The summed E-state index contributed by atoms with van der Waals surface area (Å²) in [6.45, 7) is 0.951. The van der Waals surface area contributed by atoms with Crippen molar-refractivity contribution in [3.05, 3.63) is 101 Å². The lowest BCUT2D eigenvalue weighted by atomic mass is 10.0. The second-order valence-corrected chi connectivity index (χ2v) is 9.61. The fraction of sp³-hybridized carbons (Fsp3) is 0.233. The van der Waals surface area contributed by atoms with E-state index in [9.17, 15) is 32.3 Å². The van der Waals surface area contributed by atoms with Gasteiger partial charge in [-0.05, 0) is 30.7 Å². The highest BCUT2D eigenvalue weighted by molar-refractivity contribution is 6.20. The van der Waals surface area contributed by atoms with Gasteiger partial charge >= 0.3 is 6.18 Å². The number of alkyl halides is 3. The minimum atomic E-state index is -4.48. The first-order valence-electron chi connectivity index (χ1n) is 13.0. The van der Waals surface area contributed by atoms with Gasteiger partial charge in [0.15, 0.2) is 0 Å². The highest BCUT2D eigenvalue weighted by Crippen LogP contribution is 2.29. The lowest BCUT2D eigenvalue weighted by molar-refractivity contribution is -0.137. The van der Waals surface area contributed by atoms with Crippen LogP contribution < -0.4 is 20.9 Å². The highest BCUT2D eigenvalue weighted by Gasteiger charge is 2.32. The molecule has 0 spiro atoms. The van der Waals surface area contributed by atoms with Crippen molar-refractivity contribution in [1.29, 1.82) is 0 Å². The number of para-hydroxylation sites is 1. The van der Waals surface area contributed by atoms with Crippen molar-refractivity contribution in [2.75, 3.05) is 18.5 Å². The molecule has 0 aromatic heterocycles. The maximum Gasteiger partial charge on any atom is 0.416 e. The normalized spacial score (nSPS) is 15.5. The van der Waals surface area contributed by atoms with Crippen LogP contribution in [0.1, 0.15) is 29.2 Å². The van der Waals surface area contributed by atoms with E-state index in [0.717, 1.165) is 17.7 Å². The lowest BCUT2D eigenvalue weighted by Gasteiger charge is -2.22. The van der Waals surface area contributed by atoms with Crippen LogP contribution in [0.4, 0.5) is 18.9 Å². The van der Waals surface area contributed by atoms with Gasteiger partial charge in [0.05, 0.1) is 29.9 Å². The number of nitrogens with zero attached hydrogens (tertiary/aromatic N) is 2. The van der Waals surface area contributed by atoms with Gasteiger partial charge in [-0.1, -0.05) is 60.7 Å². The largest absolute Gasteiger partial charge is 0.416 e. The molecule has 0 fully saturated rings. The van der Waals surface area contributed by atoms with Crippen molar-refractivity contribution < 1.29 is 32.3 Å². The Bertz CT molecular complexity index is 1510. The lowest BCUT2D eigenvalue weighted by Crippen LogP contribution is -2.53. The molecule has 3 N–H and O–H groups in total. The van der Waals surface area contributed by atoms with Gasteiger partial charge in [-0.25, -0.2) is 4.99 Å². The first-order chi connectivity index (χ1) is 19.9. The van der Waals surface area contributed by atoms with Gasteiger partial charge in [0.2, 0.25) is 23.9 Å². The molecule has 0 radical (unpaired) electrons. The van der Waals surface area contributed by atoms with Crippen LogP contribution in [0.2, 0.25) is 0 Å². The number of amides is 4. The Hall–Kier alpha value is -5.00. The van der Waals surface area contributed by atoms with Crippen molar-refractivity contribution in [3.8, 4) is 0 Å². The van der Waals surface area contributed by atoms with E-state index in [1.54, 1.807) is 19.2 Å². The number of fused-ring (bicyclic) bond motifs is 1. The Labute approximate surface area is 239 Å². The van der Waals surface area contributed by atoms with Crippen LogP contribution >= 0.6 is 0 Å². The van der Waals surface area contributed by atoms with E-state index in [0.29, 0.717) is 22.5 Å². The molecule has 0 saturated heterocycles. The molecule has 1 aliphatic rings. The van der Waals surface area contributed by atoms with Gasteiger partial charge in [0.1, 0.15) is 6.04 Å². The number of benzene rings is 3. The summed E-state index contributed by atoms with van der Waals surface area (Å²) in [6.07, 6.45) is -5.99. The molecular formula is C30H28F3N5O4. The van der Waals surface area contributed by atoms with Gasteiger partial charge in [-0.2, -0.15) is 13.2 Å². The Morgan fingerprint density at radius 2 is 1.57 bits per heavy atom. The first-order valence-corrected chi connectivity index (χ1v) is 13.0. The summed E-state index contributed by atoms with van der Waals surface area (Å²) in [4.78, 5) is 56.8. The molecular weight excluding hydrogens is 551 g/mol. The van der Waals surface area contributed by atoms with E-state index in [-0.39, 0.29) is 6.42 Å². The highest BCUT2D eigenvalue weighted by atomic mass is 19.4. The minimum Gasteiger partial charge on any atom is -0.347 e. The summed E-state index contributed by atoms with van der Waals surface area (Å²) < 4.78 is 38.1. The van der Waals surface area contributed by atoms with Crippen LogP contribution in [0, 0.1) is 0 Å². The Morgan fingerprint density at radius 3 is 2.24 bits per heavy atom. The topological polar surface area (TPSA) is 120 Å². The molecule has 2 atom stereocenters. The number of benzodiazepines with no additional fused rings is 1. The Kier molecular flexibility index (Phi) is 9.04. The van der Waals surface area contributed by atoms with E-state index < -0.39 is 54.1 Å². The molecule has 0 bridgehead atoms. The van der Waals surface area contributed by atoms with Gasteiger partial charge in [-0.3, -0.25) is 19.2 Å². The van der Waals surface area contributed by atoms with Gasteiger partial charge in [0, 0.05) is 18.2 Å². The average molecular weight is 580 g/mol. The Morgan fingerprint density at radius 1 is 0.929 bits per heavy atom. The van der Waals surface area contributed by atoms with Crippen molar-refractivity contribution in [2.45, 2.75) is 31.7 Å². The van der Waals surface area contributed by atoms with Crippen LogP contribution in [0.5, 0.6) is 0 Å². The van der Waals surface area contributed by atoms with Crippen LogP contribution in [0.15, 0.2) is 83.9 Å². The summed E-state index contributed by atoms with van der Waals surface area (Å²) in [7, 11) is 1.59. The number of carbonyl (C=O) groups excluding carboxylic acids is 4. The van der Waals surface area contributed by atoms with Crippen molar-refractivity contribution in [3.63, 3.8) is 0 Å². The van der Waals surface area contributed by atoms with Crippen LogP contribution in [0.3, 0.4) is 0 Å². The second kappa shape index (κ2) is 12.7. The fourth-order valence-corrected chi connectivity index (χ4v) is 4.30. The summed E-state index contributed by atoms with van der Waals surface area (Å²) >= 11 is 0. The summed E-state index contributed by atoms with van der Waals surface area (Å²) in [6, 6.07) is 19.5. The maximum absolute atomic E-state index is 13.3. The Balaban J connectivity index is 1.36. The maximum atomic E-state index is 13.3.